The number of rotatable bonds is 6. The van der Waals surface area contributed by atoms with Crippen molar-refractivity contribution in [2.75, 3.05) is 18.1 Å². The fourth-order valence-electron chi connectivity index (χ4n) is 2.99. The van der Waals surface area contributed by atoms with Gasteiger partial charge in [-0.25, -0.2) is 22.3 Å². The molecule has 0 unspecified atom stereocenters. The molecule has 154 valence electrons. The maximum Gasteiger partial charge on any atom is 0.331 e. The van der Waals surface area contributed by atoms with E-state index in [-0.39, 0.29) is 28.3 Å². The van der Waals surface area contributed by atoms with E-state index in [0.717, 1.165) is 18.2 Å². The van der Waals surface area contributed by atoms with Crippen LogP contribution in [-0.4, -0.2) is 48.1 Å². The van der Waals surface area contributed by atoms with E-state index in [9.17, 15) is 22.4 Å². The first-order chi connectivity index (χ1) is 13.7. The number of sulfone groups is 1. The molecule has 0 aliphatic carbocycles. The van der Waals surface area contributed by atoms with E-state index in [1.807, 2.05) is 0 Å². The number of nitrogens with zero attached hydrogens (tertiary/aromatic N) is 2. The fraction of sp³-hybridized carbons (Fsp3) is 0.316. The second-order valence-corrected chi connectivity index (χ2v) is 9.25. The lowest BCUT2D eigenvalue weighted by molar-refractivity contribution is -0.136. The molecule has 0 bridgehead atoms. The minimum absolute atomic E-state index is 0.0233. The van der Waals surface area contributed by atoms with Gasteiger partial charge in [-0.05, 0) is 43.7 Å². The fourth-order valence-corrected chi connectivity index (χ4v) is 5.05. The molecule has 0 amide bonds. The summed E-state index contributed by atoms with van der Waals surface area (Å²) in [6.45, 7) is 1.20. The number of carbonyl (C=O) groups excluding carboxylic acids is 2. The summed E-state index contributed by atoms with van der Waals surface area (Å²) < 4.78 is 42.6. The molecular formula is C19H18ClFN2O5S. The standard InChI is InChI=1S/C19H18ClFN2O5S/c1-12-16(19(20)23(22-12)15-8-9-29(26,27)11-15)6-7-18(25)28-10-17(24)13-2-4-14(21)5-3-13/h2-7,15H,8-11H2,1H3/b7-6+/t15-/m0/s1. The molecule has 29 heavy (non-hydrogen) atoms. The van der Waals surface area contributed by atoms with Crippen molar-refractivity contribution in [1.82, 2.24) is 9.78 Å². The molecule has 3 rings (SSSR count). The molecule has 1 aromatic carbocycles. The Morgan fingerprint density at radius 2 is 2.03 bits per heavy atom. The van der Waals surface area contributed by atoms with Gasteiger partial charge in [-0.2, -0.15) is 5.10 Å². The molecular weight excluding hydrogens is 423 g/mol. The van der Waals surface area contributed by atoms with E-state index in [0.29, 0.717) is 17.7 Å². The van der Waals surface area contributed by atoms with Crippen molar-refractivity contribution in [3.05, 3.63) is 58.1 Å². The van der Waals surface area contributed by atoms with Crippen LogP contribution < -0.4 is 0 Å². The molecule has 1 aromatic heterocycles. The van der Waals surface area contributed by atoms with Crippen LogP contribution in [-0.2, 0) is 19.4 Å². The number of carbonyl (C=O) groups is 2. The predicted molar refractivity (Wildman–Crippen MR) is 105 cm³/mol. The number of hydrogen-bond donors (Lipinski definition) is 0. The van der Waals surface area contributed by atoms with Crippen LogP contribution in [0.1, 0.15) is 34.1 Å². The number of esters is 1. The number of ether oxygens (including phenoxy) is 1. The van der Waals surface area contributed by atoms with Crippen LogP contribution in [0.15, 0.2) is 30.3 Å². The highest BCUT2D eigenvalue weighted by Gasteiger charge is 2.31. The zero-order valence-electron chi connectivity index (χ0n) is 15.5. The lowest BCUT2D eigenvalue weighted by Gasteiger charge is -2.09. The topological polar surface area (TPSA) is 95.3 Å². The number of hydrogen-bond acceptors (Lipinski definition) is 6. The molecule has 1 aliphatic rings. The van der Waals surface area contributed by atoms with Gasteiger partial charge in [0.2, 0.25) is 0 Å². The molecule has 10 heteroatoms. The van der Waals surface area contributed by atoms with Crippen LogP contribution in [0.4, 0.5) is 4.39 Å². The summed E-state index contributed by atoms with van der Waals surface area (Å²) in [6, 6.07) is 4.57. The third kappa shape index (κ3) is 5.10. The lowest BCUT2D eigenvalue weighted by atomic mass is 10.1. The number of Topliss-reactive ketones (excluding diaryl/α,β-unsaturated/α-hetero) is 1. The van der Waals surface area contributed by atoms with E-state index >= 15 is 0 Å². The van der Waals surface area contributed by atoms with Gasteiger partial charge >= 0.3 is 5.97 Å². The molecule has 2 aromatic rings. The molecule has 1 aliphatic heterocycles. The molecule has 1 saturated heterocycles. The number of aryl methyl sites for hydroxylation is 1. The Labute approximate surface area is 172 Å². The van der Waals surface area contributed by atoms with E-state index in [2.05, 4.69) is 5.10 Å². The average molecular weight is 441 g/mol. The Balaban J connectivity index is 1.63. The van der Waals surface area contributed by atoms with Gasteiger partial charge in [-0.3, -0.25) is 4.79 Å². The van der Waals surface area contributed by atoms with Crippen LogP contribution in [0.3, 0.4) is 0 Å². The van der Waals surface area contributed by atoms with Crippen molar-refractivity contribution in [3.63, 3.8) is 0 Å². The first-order valence-corrected chi connectivity index (χ1v) is 10.9. The smallest absolute Gasteiger partial charge is 0.331 e. The summed E-state index contributed by atoms with van der Waals surface area (Å²) in [5, 5.41) is 4.52. The maximum absolute atomic E-state index is 12.9. The number of ketones is 1. The third-order valence-electron chi connectivity index (χ3n) is 4.52. The zero-order chi connectivity index (χ0) is 21.2. The van der Waals surface area contributed by atoms with Crippen molar-refractivity contribution < 1.29 is 27.1 Å². The monoisotopic (exact) mass is 440 g/mol. The van der Waals surface area contributed by atoms with Gasteiger partial charge in [0.05, 0.1) is 23.2 Å². The van der Waals surface area contributed by atoms with Crippen molar-refractivity contribution in [1.29, 1.82) is 0 Å². The summed E-state index contributed by atoms with van der Waals surface area (Å²) >= 11 is 6.32. The van der Waals surface area contributed by atoms with E-state index < -0.39 is 34.0 Å². The van der Waals surface area contributed by atoms with Crippen molar-refractivity contribution in [2.45, 2.75) is 19.4 Å². The average Bonchev–Trinajstić information content (AvgIpc) is 3.17. The van der Waals surface area contributed by atoms with Gasteiger partial charge in [-0.1, -0.05) is 11.6 Å². The number of benzene rings is 1. The molecule has 0 radical (unpaired) electrons. The normalized spacial score (nSPS) is 18.2. The highest BCUT2D eigenvalue weighted by molar-refractivity contribution is 7.91. The molecule has 1 atom stereocenters. The second kappa shape index (κ2) is 8.46. The van der Waals surface area contributed by atoms with Gasteiger partial charge in [0.25, 0.3) is 0 Å². The van der Waals surface area contributed by atoms with Crippen LogP contribution >= 0.6 is 11.6 Å². The summed E-state index contributed by atoms with van der Waals surface area (Å²) in [5.41, 5.74) is 1.23. The molecule has 0 saturated carbocycles. The van der Waals surface area contributed by atoms with Crippen molar-refractivity contribution >= 4 is 39.3 Å². The van der Waals surface area contributed by atoms with Gasteiger partial charge in [0, 0.05) is 17.2 Å². The summed E-state index contributed by atoms with van der Waals surface area (Å²) in [5.74, 6) is -1.62. The predicted octanol–water partition coefficient (Wildman–Crippen LogP) is 2.78. The molecule has 2 heterocycles. The Kier molecular flexibility index (Phi) is 6.18. The molecule has 0 spiro atoms. The summed E-state index contributed by atoms with van der Waals surface area (Å²) in [7, 11) is -3.09. The third-order valence-corrected chi connectivity index (χ3v) is 6.65. The Bertz CT molecular complexity index is 1080. The molecule has 1 fully saturated rings. The highest BCUT2D eigenvalue weighted by atomic mass is 35.5. The Morgan fingerprint density at radius 1 is 1.34 bits per heavy atom. The SMILES string of the molecule is Cc1nn([C@H]2CCS(=O)(=O)C2)c(Cl)c1/C=C/C(=O)OCC(=O)c1ccc(F)cc1. The van der Waals surface area contributed by atoms with E-state index in [1.165, 1.54) is 22.9 Å². The largest absolute Gasteiger partial charge is 0.454 e. The Morgan fingerprint density at radius 3 is 2.66 bits per heavy atom. The zero-order valence-corrected chi connectivity index (χ0v) is 17.0. The second-order valence-electron chi connectivity index (χ2n) is 6.66. The van der Waals surface area contributed by atoms with Crippen LogP contribution in [0.25, 0.3) is 6.08 Å². The van der Waals surface area contributed by atoms with Gasteiger partial charge in [-0.15, -0.1) is 0 Å². The molecule has 0 N–H and O–H groups in total. The highest BCUT2D eigenvalue weighted by Crippen LogP contribution is 2.30. The van der Waals surface area contributed by atoms with E-state index in [1.54, 1.807) is 6.92 Å². The lowest BCUT2D eigenvalue weighted by Crippen LogP contribution is -2.12. The maximum atomic E-state index is 12.9. The Hall–Kier alpha value is -2.52. The summed E-state index contributed by atoms with van der Waals surface area (Å²) in [4.78, 5) is 23.8. The quantitative estimate of drug-likeness (QED) is 0.389. The van der Waals surface area contributed by atoms with Gasteiger partial charge < -0.3 is 4.74 Å². The van der Waals surface area contributed by atoms with Crippen LogP contribution in [0.2, 0.25) is 5.15 Å². The molecule has 7 nitrogen and oxygen atoms in total. The van der Waals surface area contributed by atoms with Crippen LogP contribution in [0.5, 0.6) is 0 Å². The first-order valence-electron chi connectivity index (χ1n) is 8.75. The summed E-state index contributed by atoms with van der Waals surface area (Å²) in [6.07, 6.45) is 2.96. The number of aromatic nitrogens is 2. The first kappa shape index (κ1) is 21.2. The van der Waals surface area contributed by atoms with Crippen LogP contribution in [0, 0.1) is 12.7 Å². The van der Waals surface area contributed by atoms with Gasteiger partial charge in [0.1, 0.15) is 11.0 Å². The minimum atomic E-state index is -3.09. The minimum Gasteiger partial charge on any atom is -0.454 e. The van der Waals surface area contributed by atoms with Gasteiger partial charge in [0.15, 0.2) is 22.2 Å². The number of halogens is 2. The van der Waals surface area contributed by atoms with E-state index in [4.69, 9.17) is 16.3 Å². The van der Waals surface area contributed by atoms with Crippen molar-refractivity contribution in [2.24, 2.45) is 0 Å². The van der Waals surface area contributed by atoms with Crippen molar-refractivity contribution in [3.8, 4) is 0 Å².